The largest absolute Gasteiger partial charge is 0.417 e. The molecule has 0 radical (unpaired) electrons. The maximum atomic E-state index is 13.1. The van der Waals surface area contributed by atoms with Gasteiger partial charge in [-0.2, -0.15) is 18.4 Å². The van der Waals surface area contributed by atoms with Crippen molar-refractivity contribution in [3.8, 4) is 6.07 Å². The van der Waals surface area contributed by atoms with Crippen LogP contribution >= 0.6 is 22.6 Å². The molecule has 1 aliphatic rings. The molecule has 8 heteroatoms. The zero-order valence-electron chi connectivity index (χ0n) is 12.6. The number of hydrogen-bond donors (Lipinski definition) is 0. The van der Waals surface area contributed by atoms with Gasteiger partial charge in [0.15, 0.2) is 0 Å². The number of alkyl halides is 4. The highest BCUT2D eigenvalue weighted by Crippen LogP contribution is 2.36. The third-order valence-corrected chi connectivity index (χ3v) is 4.45. The van der Waals surface area contributed by atoms with Crippen molar-refractivity contribution in [3.05, 3.63) is 40.5 Å². The predicted molar refractivity (Wildman–Crippen MR) is 89.5 cm³/mol. The number of nitriles is 1. The molecule has 1 aromatic rings. The van der Waals surface area contributed by atoms with Crippen molar-refractivity contribution in [1.82, 2.24) is 0 Å². The van der Waals surface area contributed by atoms with E-state index in [9.17, 15) is 22.8 Å². The summed E-state index contributed by atoms with van der Waals surface area (Å²) in [6.07, 6.45) is -3.65. The van der Waals surface area contributed by atoms with Gasteiger partial charge in [0.1, 0.15) is 0 Å². The molecule has 0 atom stereocenters. The minimum atomic E-state index is -4.75. The van der Waals surface area contributed by atoms with Crippen molar-refractivity contribution >= 4 is 40.1 Å². The number of rotatable bonds is 4. The SMILES string of the molecule is CC1=C(CCCI)C(=O)N(c2ccc(C#N)c(C(F)(F)F)c2)C1=O. The number of carbonyl (C=O) groups is 2. The van der Waals surface area contributed by atoms with Crippen LogP contribution in [-0.2, 0) is 15.8 Å². The lowest BCUT2D eigenvalue weighted by molar-refractivity contribution is -0.138. The van der Waals surface area contributed by atoms with Crippen LogP contribution in [0.4, 0.5) is 18.9 Å². The van der Waals surface area contributed by atoms with E-state index < -0.39 is 29.1 Å². The van der Waals surface area contributed by atoms with Crippen molar-refractivity contribution in [2.24, 2.45) is 0 Å². The number of nitrogens with zero attached hydrogens (tertiary/aromatic N) is 2. The van der Waals surface area contributed by atoms with Crippen molar-refractivity contribution in [1.29, 1.82) is 5.26 Å². The van der Waals surface area contributed by atoms with Crippen LogP contribution in [0.3, 0.4) is 0 Å². The van der Waals surface area contributed by atoms with E-state index in [-0.39, 0.29) is 11.3 Å². The fraction of sp³-hybridized carbons (Fsp3) is 0.312. The summed E-state index contributed by atoms with van der Waals surface area (Å²) >= 11 is 2.14. The van der Waals surface area contributed by atoms with E-state index in [1.807, 2.05) is 0 Å². The molecule has 0 bridgehead atoms. The van der Waals surface area contributed by atoms with Crippen LogP contribution in [0.5, 0.6) is 0 Å². The van der Waals surface area contributed by atoms with Crippen LogP contribution in [0.15, 0.2) is 29.3 Å². The molecule has 24 heavy (non-hydrogen) atoms. The van der Waals surface area contributed by atoms with Gasteiger partial charge >= 0.3 is 6.18 Å². The van der Waals surface area contributed by atoms with Gasteiger partial charge in [0.05, 0.1) is 22.9 Å². The zero-order valence-corrected chi connectivity index (χ0v) is 14.7. The highest BCUT2D eigenvalue weighted by Gasteiger charge is 2.39. The lowest BCUT2D eigenvalue weighted by Crippen LogP contribution is -2.31. The minimum Gasteiger partial charge on any atom is -0.269 e. The summed E-state index contributed by atoms with van der Waals surface area (Å²) in [5.41, 5.74) is -1.32. The van der Waals surface area contributed by atoms with Crippen LogP contribution in [0.25, 0.3) is 0 Å². The van der Waals surface area contributed by atoms with Crippen LogP contribution in [0.1, 0.15) is 30.9 Å². The van der Waals surface area contributed by atoms with Gasteiger partial charge in [0, 0.05) is 11.1 Å². The fourth-order valence-electron chi connectivity index (χ4n) is 2.46. The number of carbonyl (C=O) groups excluding carboxylic acids is 2. The molecule has 0 aromatic heterocycles. The monoisotopic (exact) mass is 448 g/mol. The average molecular weight is 448 g/mol. The number of amides is 2. The van der Waals surface area contributed by atoms with Gasteiger partial charge in [-0.1, -0.05) is 22.6 Å². The Morgan fingerprint density at radius 2 is 1.92 bits per heavy atom. The number of imide groups is 1. The second-order valence-corrected chi connectivity index (χ2v) is 6.26. The first-order chi connectivity index (χ1) is 11.2. The van der Waals surface area contributed by atoms with E-state index in [0.29, 0.717) is 24.5 Å². The van der Waals surface area contributed by atoms with E-state index in [4.69, 9.17) is 5.26 Å². The Balaban J connectivity index is 2.46. The maximum Gasteiger partial charge on any atom is 0.417 e. The standard InChI is InChI=1S/C16H12F3IN2O2/c1-9-12(3-2-6-20)15(24)22(14(9)23)11-5-4-10(8-21)13(7-11)16(17,18)19/h4-5,7H,2-3,6H2,1H3. The molecular formula is C16H12F3IN2O2. The van der Waals surface area contributed by atoms with Gasteiger partial charge in [-0.25, -0.2) is 4.90 Å². The van der Waals surface area contributed by atoms with Gasteiger partial charge in [0.25, 0.3) is 11.8 Å². The Morgan fingerprint density at radius 1 is 1.25 bits per heavy atom. The van der Waals surface area contributed by atoms with Gasteiger partial charge in [-0.05, 0) is 42.4 Å². The molecule has 0 unspecified atom stereocenters. The molecule has 1 heterocycles. The molecule has 126 valence electrons. The van der Waals surface area contributed by atoms with Gasteiger partial charge < -0.3 is 0 Å². The Bertz CT molecular complexity index is 779. The number of hydrogen-bond acceptors (Lipinski definition) is 3. The average Bonchev–Trinajstić information content (AvgIpc) is 2.74. The maximum absolute atomic E-state index is 13.1. The highest BCUT2D eigenvalue weighted by molar-refractivity contribution is 14.1. The Morgan fingerprint density at radius 3 is 2.46 bits per heavy atom. The van der Waals surface area contributed by atoms with Gasteiger partial charge in [-0.3, -0.25) is 9.59 Å². The zero-order chi connectivity index (χ0) is 18.1. The van der Waals surface area contributed by atoms with Crippen LogP contribution in [0.2, 0.25) is 0 Å². The summed E-state index contributed by atoms with van der Waals surface area (Å²) in [4.78, 5) is 25.5. The molecule has 4 nitrogen and oxygen atoms in total. The minimum absolute atomic E-state index is 0.180. The van der Waals surface area contributed by atoms with Crippen LogP contribution < -0.4 is 4.90 Å². The molecule has 2 amide bonds. The summed E-state index contributed by atoms with van der Waals surface area (Å²) in [5, 5.41) is 8.82. The summed E-state index contributed by atoms with van der Waals surface area (Å²) in [6.45, 7) is 1.50. The molecular weight excluding hydrogens is 436 g/mol. The van der Waals surface area contributed by atoms with Crippen molar-refractivity contribution in [2.75, 3.05) is 9.33 Å². The smallest absolute Gasteiger partial charge is 0.269 e. The number of halogens is 4. The second kappa shape index (κ2) is 6.93. The topological polar surface area (TPSA) is 61.2 Å². The summed E-state index contributed by atoms with van der Waals surface area (Å²) < 4.78 is 40.0. The van der Waals surface area contributed by atoms with Crippen LogP contribution in [0, 0.1) is 11.3 Å². The van der Waals surface area contributed by atoms with E-state index in [1.54, 1.807) is 0 Å². The van der Waals surface area contributed by atoms with Gasteiger partial charge in [-0.15, -0.1) is 0 Å². The second-order valence-electron chi connectivity index (χ2n) is 5.18. The van der Waals surface area contributed by atoms with E-state index in [2.05, 4.69) is 22.6 Å². The van der Waals surface area contributed by atoms with Crippen molar-refractivity contribution < 1.29 is 22.8 Å². The molecule has 0 N–H and O–H groups in total. The third-order valence-electron chi connectivity index (χ3n) is 3.69. The van der Waals surface area contributed by atoms with E-state index in [0.717, 1.165) is 15.4 Å². The normalized spacial score (nSPS) is 15.2. The van der Waals surface area contributed by atoms with Crippen molar-refractivity contribution in [2.45, 2.75) is 25.9 Å². The highest BCUT2D eigenvalue weighted by atomic mass is 127. The quantitative estimate of drug-likeness (QED) is 0.398. The van der Waals surface area contributed by atoms with E-state index in [1.165, 1.54) is 19.1 Å². The molecule has 0 saturated heterocycles. The van der Waals surface area contributed by atoms with Gasteiger partial charge in [0.2, 0.25) is 0 Å². The van der Waals surface area contributed by atoms with E-state index >= 15 is 0 Å². The number of anilines is 1. The molecule has 0 fully saturated rings. The Hall–Kier alpha value is -1.89. The first-order valence-electron chi connectivity index (χ1n) is 6.98. The lowest BCUT2D eigenvalue weighted by atomic mass is 10.1. The Kier molecular flexibility index (Phi) is 5.32. The first-order valence-corrected chi connectivity index (χ1v) is 8.50. The lowest BCUT2D eigenvalue weighted by Gasteiger charge is -2.18. The molecule has 0 spiro atoms. The van der Waals surface area contributed by atoms with Crippen LogP contribution in [-0.4, -0.2) is 16.2 Å². The fourth-order valence-corrected chi connectivity index (χ4v) is 2.84. The number of benzene rings is 1. The summed E-state index contributed by atoms with van der Waals surface area (Å²) in [7, 11) is 0. The molecule has 2 rings (SSSR count). The Labute approximate surface area is 150 Å². The molecule has 0 saturated carbocycles. The molecule has 0 aliphatic carbocycles. The molecule has 1 aromatic carbocycles. The van der Waals surface area contributed by atoms with Crippen molar-refractivity contribution in [3.63, 3.8) is 0 Å². The molecule has 1 aliphatic heterocycles. The first kappa shape index (κ1) is 18.4. The predicted octanol–water partition coefficient (Wildman–Crippen LogP) is 3.98. The summed E-state index contributed by atoms with van der Waals surface area (Å²) in [5.74, 6) is -1.22. The summed E-state index contributed by atoms with van der Waals surface area (Å²) in [6, 6.07) is 4.29. The third kappa shape index (κ3) is 3.31.